The molecule has 3 aromatic rings. The molecule has 1 aliphatic heterocycles. The standard InChI is InChI=1S/C18H19N3O2S/c1-14-5-4-6-15(13-14)24(22,23)20-10-9-18-19-16-7-2-3-8-17(16)21(18)12-11-20/h2-8,13H,9-12H2,1H3. The van der Waals surface area contributed by atoms with Crippen molar-refractivity contribution in [2.24, 2.45) is 0 Å². The fraction of sp³-hybridized carbons (Fsp3) is 0.278. The lowest BCUT2D eigenvalue weighted by Gasteiger charge is -2.20. The number of fused-ring (bicyclic) bond motifs is 3. The third-order valence-electron chi connectivity index (χ3n) is 4.52. The molecule has 6 heteroatoms. The van der Waals surface area contributed by atoms with Crippen LogP contribution in [0.2, 0.25) is 0 Å². The molecule has 0 saturated heterocycles. The monoisotopic (exact) mass is 341 g/mol. The average molecular weight is 341 g/mol. The summed E-state index contributed by atoms with van der Waals surface area (Å²) in [7, 11) is -3.46. The summed E-state index contributed by atoms with van der Waals surface area (Å²) in [4.78, 5) is 5.03. The van der Waals surface area contributed by atoms with E-state index in [2.05, 4.69) is 9.55 Å². The molecule has 0 aliphatic carbocycles. The highest BCUT2D eigenvalue weighted by atomic mass is 32.2. The fourth-order valence-electron chi connectivity index (χ4n) is 3.28. The lowest BCUT2D eigenvalue weighted by molar-refractivity contribution is 0.416. The van der Waals surface area contributed by atoms with E-state index in [1.54, 1.807) is 22.5 Å². The Labute approximate surface area is 141 Å². The molecule has 24 heavy (non-hydrogen) atoms. The summed E-state index contributed by atoms with van der Waals surface area (Å²) in [6, 6.07) is 15.1. The Balaban J connectivity index is 1.66. The molecule has 0 saturated carbocycles. The molecule has 1 aliphatic rings. The van der Waals surface area contributed by atoms with Gasteiger partial charge >= 0.3 is 0 Å². The molecular formula is C18H19N3O2S. The van der Waals surface area contributed by atoms with Crippen LogP contribution >= 0.6 is 0 Å². The van der Waals surface area contributed by atoms with Crippen molar-refractivity contribution < 1.29 is 8.42 Å². The van der Waals surface area contributed by atoms with E-state index < -0.39 is 10.0 Å². The van der Waals surface area contributed by atoms with Gasteiger partial charge in [0.25, 0.3) is 0 Å². The maximum absolute atomic E-state index is 12.9. The highest BCUT2D eigenvalue weighted by molar-refractivity contribution is 7.89. The third kappa shape index (κ3) is 2.52. The van der Waals surface area contributed by atoms with Crippen LogP contribution in [-0.2, 0) is 23.0 Å². The molecule has 124 valence electrons. The largest absolute Gasteiger partial charge is 0.327 e. The third-order valence-corrected chi connectivity index (χ3v) is 6.41. The van der Waals surface area contributed by atoms with E-state index in [4.69, 9.17) is 0 Å². The van der Waals surface area contributed by atoms with Crippen LogP contribution in [0.1, 0.15) is 11.4 Å². The van der Waals surface area contributed by atoms with Gasteiger partial charge in [-0.15, -0.1) is 0 Å². The minimum atomic E-state index is -3.46. The minimum absolute atomic E-state index is 0.367. The van der Waals surface area contributed by atoms with Crippen LogP contribution in [0.3, 0.4) is 0 Å². The first-order valence-corrected chi connectivity index (χ1v) is 9.51. The highest BCUT2D eigenvalue weighted by Gasteiger charge is 2.27. The van der Waals surface area contributed by atoms with E-state index >= 15 is 0 Å². The summed E-state index contributed by atoms with van der Waals surface area (Å²) in [5.41, 5.74) is 3.00. The van der Waals surface area contributed by atoms with Gasteiger partial charge in [0, 0.05) is 26.1 Å². The molecule has 0 radical (unpaired) electrons. The van der Waals surface area contributed by atoms with E-state index in [1.807, 2.05) is 37.3 Å². The lowest BCUT2D eigenvalue weighted by atomic mass is 10.2. The van der Waals surface area contributed by atoms with Gasteiger partial charge in [-0.1, -0.05) is 24.3 Å². The molecule has 2 heterocycles. The van der Waals surface area contributed by atoms with Crippen molar-refractivity contribution in [1.29, 1.82) is 0 Å². The zero-order chi connectivity index (χ0) is 16.7. The van der Waals surface area contributed by atoms with Crippen LogP contribution in [0.15, 0.2) is 53.4 Å². The Bertz CT molecular complexity index is 1010. The van der Waals surface area contributed by atoms with Gasteiger partial charge in [0.05, 0.1) is 15.9 Å². The van der Waals surface area contributed by atoms with Crippen molar-refractivity contribution in [1.82, 2.24) is 13.9 Å². The van der Waals surface area contributed by atoms with E-state index in [9.17, 15) is 8.42 Å². The average Bonchev–Trinajstić information content (AvgIpc) is 2.78. The fourth-order valence-corrected chi connectivity index (χ4v) is 4.82. The van der Waals surface area contributed by atoms with Crippen LogP contribution in [0, 0.1) is 6.92 Å². The van der Waals surface area contributed by atoms with Crippen molar-refractivity contribution in [3.05, 3.63) is 59.9 Å². The molecule has 0 unspecified atom stereocenters. The van der Waals surface area contributed by atoms with Gasteiger partial charge in [0.1, 0.15) is 5.82 Å². The van der Waals surface area contributed by atoms with Gasteiger partial charge in [-0.3, -0.25) is 0 Å². The Hall–Kier alpha value is -2.18. The van der Waals surface area contributed by atoms with Crippen molar-refractivity contribution in [3.63, 3.8) is 0 Å². The Morgan fingerprint density at radius 2 is 1.83 bits per heavy atom. The van der Waals surface area contributed by atoms with Crippen LogP contribution in [-0.4, -0.2) is 35.4 Å². The first-order chi connectivity index (χ1) is 11.6. The normalized spacial score (nSPS) is 16.0. The predicted molar refractivity (Wildman–Crippen MR) is 93.4 cm³/mol. The van der Waals surface area contributed by atoms with Gasteiger partial charge in [0.2, 0.25) is 10.0 Å². The lowest BCUT2D eigenvalue weighted by Crippen LogP contribution is -2.33. The van der Waals surface area contributed by atoms with Crippen LogP contribution in [0.4, 0.5) is 0 Å². The topological polar surface area (TPSA) is 55.2 Å². The maximum atomic E-state index is 12.9. The van der Waals surface area contributed by atoms with E-state index in [0.29, 0.717) is 31.0 Å². The Kier molecular flexibility index (Phi) is 3.66. The van der Waals surface area contributed by atoms with Gasteiger partial charge in [-0.05, 0) is 36.8 Å². The molecule has 0 spiro atoms. The van der Waals surface area contributed by atoms with Crippen LogP contribution in [0.5, 0.6) is 0 Å². The summed E-state index contributed by atoms with van der Waals surface area (Å²) < 4.78 is 29.6. The van der Waals surface area contributed by atoms with Gasteiger partial charge in [-0.2, -0.15) is 4.31 Å². The Morgan fingerprint density at radius 1 is 1.00 bits per heavy atom. The second kappa shape index (κ2) is 5.72. The van der Waals surface area contributed by atoms with Crippen LogP contribution < -0.4 is 0 Å². The SMILES string of the molecule is Cc1cccc(S(=O)(=O)N2CCc3nc4ccccc4n3CC2)c1. The number of benzene rings is 2. The van der Waals surface area contributed by atoms with Gasteiger partial charge in [0.15, 0.2) is 0 Å². The number of hydrogen-bond acceptors (Lipinski definition) is 3. The second-order valence-corrected chi connectivity index (χ2v) is 8.08. The maximum Gasteiger partial charge on any atom is 0.243 e. The van der Waals surface area contributed by atoms with Gasteiger partial charge in [-0.25, -0.2) is 13.4 Å². The number of rotatable bonds is 2. The summed E-state index contributed by atoms with van der Waals surface area (Å²) in [6.07, 6.45) is 0.625. The van der Waals surface area contributed by atoms with Crippen molar-refractivity contribution in [3.8, 4) is 0 Å². The predicted octanol–water partition coefficient (Wildman–Crippen LogP) is 2.59. The molecular weight excluding hydrogens is 322 g/mol. The van der Waals surface area contributed by atoms with Gasteiger partial charge < -0.3 is 4.57 Å². The highest BCUT2D eigenvalue weighted by Crippen LogP contribution is 2.22. The first kappa shape index (κ1) is 15.4. The molecule has 5 nitrogen and oxygen atoms in total. The number of imidazole rings is 1. The van der Waals surface area contributed by atoms with E-state index in [-0.39, 0.29) is 0 Å². The zero-order valence-electron chi connectivity index (χ0n) is 13.5. The number of hydrogen-bond donors (Lipinski definition) is 0. The number of nitrogens with zero attached hydrogens (tertiary/aromatic N) is 3. The number of aromatic nitrogens is 2. The number of sulfonamides is 1. The minimum Gasteiger partial charge on any atom is -0.327 e. The van der Waals surface area contributed by atoms with Crippen molar-refractivity contribution in [2.45, 2.75) is 24.8 Å². The second-order valence-electron chi connectivity index (χ2n) is 6.14. The van der Waals surface area contributed by atoms with Crippen molar-refractivity contribution >= 4 is 21.1 Å². The molecule has 0 atom stereocenters. The quantitative estimate of drug-likeness (QED) is 0.720. The summed E-state index contributed by atoms with van der Waals surface area (Å²) in [5.74, 6) is 0.957. The Morgan fingerprint density at radius 3 is 2.67 bits per heavy atom. The smallest absolute Gasteiger partial charge is 0.243 e. The number of aryl methyl sites for hydroxylation is 1. The number of para-hydroxylation sites is 2. The molecule has 2 aromatic carbocycles. The van der Waals surface area contributed by atoms with E-state index in [0.717, 1.165) is 22.4 Å². The molecule has 0 fully saturated rings. The van der Waals surface area contributed by atoms with E-state index in [1.165, 1.54) is 0 Å². The first-order valence-electron chi connectivity index (χ1n) is 8.07. The summed E-state index contributed by atoms with van der Waals surface area (Å²) in [5, 5.41) is 0. The molecule has 0 bridgehead atoms. The zero-order valence-corrected chi connectivity index (χ0v) is 14.3. The summed E-state index contributed by atoms with van der Waals surface area (Å²) in [6.45, 7) is 3.45. The molecule has 4 rings (SSSR count). The van der Waals surface area contributed by atoms with Crippen LogP contribution in [0.25, 0.3) is 11.0 Å². The molecule has 1 aromatic heterocycles. The summed E-state index contributed by atoms with van der Waals surface area (Å²) >= 11 is 0. The molecule has 0 amide bonds. The molecule has 0 N–H and O–H groups in total. The van der Waals surface area contributed by atoms with Crippen molar-refractivity contribution in [2.75, 3.05) is 13.1 Å².